The van der Waals surface area contributed by atoms with Crippen LogP contribution in [0.4, 0.5) is 4.39 Å². The first-order valence-corrected chi connectivity index (χ1v) is 13.9. The lowest BCUT2D eigenvalue weighted by Crippen LogP contribution is -2.30. The Kier molecular flexibility index (Phi) is 5.54. The molecule has 2 heterocycles. The molecule has 1 aromatic heterocycles. The van der Waals surface area contributed by atoms with Crippen molar-refractivity contribution in [2.24, 2.45) is 11.8 Å². The molecule has 37 heavy (non-hydrogen) atoms. The molecule has 1 atom stereocenters. The summed E-state index contributed by atoms with van der Waals surface area (Å²) in [5.41, 5.74) is 7.58. The molecule has 0 unspecified atom stereocenters. The summed E-state index contributed by atoms with van der Waals surface area (Å²) in [6.45, 7) is 2.28. The van der Waals surface area contributed by atoms with Crippen molar-refractivity contribution in [3.63, 3.8) is 0 Å². The van der Waals surface area contributed by atoms with Gasteiger partial charge < -0.3 is 9.47 Å². The van der Waals surface area contributed by atoms with Gasteiger partial charge in [-0.1, -0.05) is 48.6 Å². The van der Waals surface area contributed by atoms with Crippen LogP contribution < -0.4 is 0 Å². The number of hydrogen-bond acceptors (Lipinski definition) is 2. The Morgan fingerprint density at radius 1 is 1.00 bits per heavy atom. The fourth-order valence-electron chi connectivity index (χ4n) is 5.79. The maximum Gasteiger partial charge on any atom is 0.225 e. The summed E-state index contributed by atoms with van der Waals surface area (Å²) < 4.78 is 17.2. The quantitative estimate of drug-likeness (QED) is 0.263. The van der Waals surface area contributed by atoms with Crippen LogP contribution in [-0.4, -0.2) is 33.4 Å². The third kappa shape index (κ3) is 4.21. The van der Waals surface area contributed by atoms with E-state index in [9.17, 15) is 9.18 Å². The second-order valence-electron chi connectivity index (χ2n) is 10.6. The number of aromatic nitrogens is 2. The van der Waals surface area contributed by atoms with E-state index < -0.39 is 0 Å². The summed E-state index contributed by atoms with van der Waals surface area (Å²) in [6.07, 6.45) is 8.42. The number of fused-ring (bicyclic) bond motifs is 2. The van der Waals surface area contributed by atoms with Crippen molar-refractivity contribution in [3.05, 3.63) is 82.1 Å². The minimum atomic E-state index is -0.293. The Labute approximate surface area is 223 Å². The third-order valence-electron chi connectivity index (χ3n) is 8.01. The maximum absolute atomic E-state index is 14.6. The molecule has 186 valence electrons. The summed E-state index contributed by atoms with van der Waals surface area (Å²) in [6, 6.07) is 18.5. The van der Waals surface area contributed by atoms with Crippen molar-refractivity contribution in [2.75, 3.05) is 13.1 Å². The molecule has 7 rings (SSSR count). The molecule has 2 fully saturated rings. The van der Waals surface area contributed by atoms with E-state index in [1.54, 1.807) is 12.1 Å². The molecule has 3 aliphatic rings. The van der Waals surface area contributed by atoms with Crippen LogP contribution in [0.3, 0.4) is 0 Å². The zero-order valence-electron chi connectivity index (χ0n) is 20.5. The minimum absolute atomic E-state index is 0.245. The Bertz CT molecular complexity index is 1570. The number of carbonyl (C=O) groups excluding carboxylic acids is 1. The van der Waals surface area contributed by atoms with Crippen LogP contribution >= 0.6 is 15.9 Å². The lowest BCUT2D eigenvalue weighted by molar-refractivity contribution is -0.131. The van der Waals surface area contributed by atoms with Crippen LogP contribution in [0.15, 0.2) is 65.1 Å². The summed E-state index contributed by atoms with van der Waals surface area (Å²) in [7, 11) is 0. The highest BCUT2D eigenvalue weighted by atomic mass is 79.9. The third-order valence-corrected chi connectivity index (χ3v) is 8.62. The van der Waals surface area contributed by atoms with Crippen molar-refractivity contribution in [1.29, 1.82) is 0 Å². The fraction of sp³-hybridized carbons (Fsp3) is 0.290. The number of allylic oxidation sites excluding steroid dienone is 1. The number of carbonyl (C=O) groups is 1. The van der Waals surface area contributed by atoms with Gasteiger partial charge in [0.05, 0.1) is 15.5 Å². The largest absolute Gasteiger partial charge is 0.342 e. The van der Waals surface area contributed by atoms with Crippen LogP contribution in [0.2, 0.25) is 0 Å². The standard InChI is InChI=1S/C31H27BrFN3O/c32-26-15-28-29(16-27(26)33)36(18-19-12-13-35(17-19)31(37)23-9-10-23)30(34-28)22-7-4-21(5-8-22)25-11-6-20-2-1-3-24(20)14-25/h1,3-8,11,14-16,19,23H,2,9-10,12-13,17-18H2/t19-/m1/s1. The zero-order valence-corrected chi connectivity index (χ0v) is 22.0. The molecule has 4 aromatic rings. The molecule has 0 spiro atoms. The van der Waals surface area contributed by atoms with Gasteiger partial charge in [-0.3, -0.25) is 4.79 Å². The highest BCUT2D eigenvalue weighted by Crippen LogP contribution is 2.35. The van der Waals surface area contributed by atoms with Crippen molar-refractivity contribution in [3.8, 4) is 22.5 Å². The van der Waals surface area contributed by atoms with E-state index in [4.69, 9.17) is 4.98 Å². The predicted octanol–water partition coefficient (Wildman–Crippen LogP) is 7.10. The Morgan fingerprint density at radius 2 is 1.78 bits per heavy atom. The lowest BCUT2D eigenvalue weighted by Gasteiger charge is -2.18. The molecule has 1 amide bonds. The van der Waals surface area contributed by atoms with Gasteiger partial charge in [0.25, 0.3) is 0 Å². The monoisotopic (exact) mass is 555 g/mol. The fourth-order valence-corrected chi connectivity index (χ4v) is 6.13. The molecule has 2 aliphatic carbocycles. The first-order valence-electron chi connectivity index (χ1n) is 13.1. The molecular weight excluding hydrogens is 529 g/mol. The average molecular weight is 556 g/mol. The predicted molar refractivity (Wildman–Crippen MR) is 148 cm³/mol. The van der Waals surface area contributed by atoms with Gasteiger partial charge >= 0.3 is 0 Å². The molecule has 4 nitrogen and oxygen atoms in total. The lowest BCUT2D eigenvalue weighted by atomic mass is 9.99. The number of halogens is 2. The second kappa shape index (κ2) is 8.95. The summed E-state index contributed by atoms with van der Waals surface area (Å²) in [5, 5.41) is 0. The first kappa shape index (κ1) is 22.9. The summed E-state index contributed by atoms with van der Waals surface area (Å²) in [4.78, 5) is 19.6. The number of amides is 1. The van der Waals surface area contributed by atoms with Gasteiger partial charge in [0, 0.05) is 37.2 Å². The zero-order chi connectivity index (χ0) is 25.1. The SMILES string of the molecule is O=C(C1CC1)N1CC[C@@H](Cn2c(-c3ccc(-c4ccc5c(c4)C=CC5)cc3)nc3cc(Br)c(F)cc32)C1. The van der Waals surface area contributed by atoms with Gasteiger partial charge in [0.2, 0.25) is 5.91 Å². The normalized spacial score (nSPS) is 18.6. The number of hydrogen-bond donors (Lipinski definition) is 0. The van der Waals surface area contributed by atoms with E-state index in [0.717, 1.165) is 66.8 Å². The summed E-state index contributed by atoms with van der Waals surface area (Å²) in [5.74, 6) is 1.42. The number of imidazole rings is 1. The van der Waals surface area contributed by atoms with Crippen LogP contribution in [0.5, 0.6) is 0 Å². The van der Waals surface area contributed by atoms with Gasteiger partial charge in [0.15, 0.2) is 0 Å². The van der Waals surface area contributed by atoms with Gasteiger partial charge in [-0.15, -0.1) is 0 Å². The molecule has 6 heteroatoms. The van der Waals surface area contributed by atoms with E-state index in [1.165, 1.54) is 16.7 Å². The van der Waals surface area contributed by atoms with Crippen LogP contribution in [0.1, 0.15) is 30.4 Å². The van der Waals surface area contributed by atoms with Crippen molar-refractivity contribution >= 4 is 38.9 Å². The molecule has 1 saturated carbocycles. The van der Waals surface area contributed by atoms with Crippen molar-refractivity contribution < 1.29 is 9.18 Å². The molecule has 1 aliphatic heterocycles. The van der Waals surface area contributed by atoms with E-state index in [2.05, 4.69) is 75.1 Å². The molecule has 0 radical (unpaired) electrons. The second-order valence-corrected chi connectivity index (χ2v) is 11.5. The van der Waals surface area contributed by atoms with Crippen LogP contribution in [-0.2, 0) is 17.8 Å². The maximum atomic E-state index is 14.6. The van der Waals surface area contributed by atoms with Crippen molar-refractivity contribution in [1.82, 2.24) is 14.5 Å². The van der Waals surface area contributed by atoms with E-state index >= 15 is 0 Å². The van der Waals surface area contributed by atoms with E-state index in [1.807, 2.05) is 4.90 Å². The minimum Gasteiger partial charge on any atom is -0.342 e. The van der Waals surface area contributed by atoms with Crippen LogP contribution in [0, 0.1) is 17.7 Å². The molecule has 0 bridgehead atoms. The molecular formula is C31H27BrFN3O. The summed E-state index contributed by atoms with van der Waals surface area (Å²) >= 11 is 3.32. The number of nitrogens with zero attached hydrogens (tertiary/aromatic N) is 3. The smallest absolute Gasteiger partial charge is 0.225 e. The molecule has 3 aromatic carbocycles. The molecule has 0 N–H and O–H groups in total. The first-order chi connectivity index (χ1) is 18.0. The Balaban J connectivity index is 1.22. The van der Waals surface area contributed by atoms with E-state index in [-0.39, 0.29) is 11.7 Å². The average Bonchev–Trinajstić information content (AvgIpc) is 3.31. The highest BCUT2D eigenvalue weighted by Gasteiger charge is 2.36. The highest BCUT2D eigenvalue weighted by molar-refractivity contribution is 9.10. The Hall–Kier alpha value is -3.25. The van der Waals surface area contributed by atoms with E-state index in [0.29, 0.717) is 22.8 Å². The number of likely N-dealkylation sites (tertiary alicyclic amines) is 1. The van der Waals surface area contributed by atoms with Gasteiger partial charge in [0.1, 0.15) is 11.6 Å². The Morgan fingerprint density at radius 3 is 2.59 bits per heavy atom. The van der Waals surface area contributed by atoms with Crippen LogP contribution in [0.25, 0.3) is 39.6 Å². The van der Waals surface area contributed by atoms with Gasteiger partial charge in [-0.05, 0) is 81.9 Å². The molecule has 1 saturated heterocycles. The number of rotatable bonds is 5. The number of benzene rings is 3. The van der Waals surface area contributed by atoms with Gasteiger partial charge in [-0.25, -0.2) is 9.37 Å². The van der Waals surface area contributed by atoms with Gasteiger partial charge in [-0.2, -0.15) is 0 Å². The van der Waals surface area contributed by atoms with Crippen molar-refractivity contribution in [2.45, 2.75) is 32.2 Å². The topological polar surface area (TPSA) is 38.1 Å².